The minimum Gasteiger partial charge on any atom is -0.460 e. The van der Waals surface area contributed by atoms with E-state index in [0.717, 1.165) is 5.56 Å². The molecule has 1 atom stereocenters. The summed E-state index contributed by atoms with van der Waals surface area (Å²) in [6.07, 6.45) is -1.10. The Morgan fingerprint density at radius 2 is 1.74 bits per heavy atom. The van der Waals surface area contributed by atoms with E-state index in [1.54, 1.807) is 20.8 Å². The molecule has 0 spiro atoms. The molecule has 0 aliphatic carbocycles. The maximum atomic E-state index is 11.9. The van der Waals surface area contributed by atoms with E-state index in [4.69, 9.17) is 9.47 Å². The lowest BCUT2D eigenvalue weighted by Crippen LogP contribution is -2.42. The van der Waals surface area contributed by atoms with Crippen molar-refractivity contribution in [3.05, 3.63) is 35.9 Å². The van der Waals surface area contributed by atoms with Gasteiger partial charge >= 0.3 is 12.1 Å². The maximum Gasteiger partial charge on any atom is 0.408 e. The van der Waals surface area contributed by atoms with Gasteiger partial charge in [0.25, 0.3) is 0 Å². The second kappa shape index (κ2) is 8.31. The first kappa shape index (κ1) is 18.7. The Hall–Kier alpha value is -2.37. The van der Waals surface area contributed by atoms with Crippen LogP contribution in [0.2, 0.25) is 0 Å². The monoisotopic (exact) mass is 321 g/mol. The highest BCUT2D eigenvalue weighted by atomic mass is 16.6. The molecule has 0 fully saturated rings. The van der Waals surface area contributed by atoms with Crippen LogP contribution in [-0.4, -0.2) is 29.5 Å². The molecule has 0 aliphatic heterocycles. The summed E-state index contributed by atoms with van der Waals surface area (Å²) in [5, 5.41) is 2.40. The van der Waals surface area contributed by atoms with E-state index in [9.17, 15) is 14.4 Å². The van der Waals surface area contributed by atoms with Crippen LogP contribution in [0, 0.1) is 0 Å². The number of ether oxygens (including phenoxy) is 2. The first-order chi connectivity index (χ1) is 10.7. The third-order valence-electron chi connectivity index (χ3n) is 2.78. The van der Waals surface area contributed by atoms with Gasteiger partial charge < -0.3 is 14.8 Å². The van der Waals surface area contributed by atoms with Crippen molar-refractivity contribution in [1.29, 1.82) is 0 Å². The lowest BCUT2D eigenvalue weighted by atomic mass is 10.1. The van der Waals surface area contributed by atoms with E-state index in [0.29, 0.717) is 0 Å². The highest BCUT2D eigenvalue weighted by molar-refractivity contribution is 5.99. The van der Waals surface area contributed by atoms with Crippen molar-refractivity contribution < 1.29 is 23.9 Å². The van der Waals surface area contributed by atoms with Gasteiger partial charge in [-0.25, -0.2) is 4.79 Å². The molecular weight excluding hydrogens is 298 g/mol. The van der Waals surface area contributed by atoms with Crippen LogP contribution in [0.5, 0.6) is 0 Å². The molecule has 1 rings (SSSR count). The van der Waals surface area contributed by atoms with Crippen LogP contribution in [0.4, 0.5) is 4.79 Å². The average Bonchev–Trinajstić information content (AvgIpc) is 2.44. The Labute approximate surface area is 136 Å². The number of rotatable bonds is 6. The first-order valence-corrected chi connectivity index (χ1v) is 7.39. The molecule has 0 saturated carbocycles. The van der Waals surface area contributed by atoms with E-state index >= 15 is 0 Å². The van der Waals surface area contributed by atoms with Crippen molar-refractivity contribution in [2.45, 2.75) is 52.4 Å². The normalized spacial score (nSPS) is 12.2. The number of alkyl carbamates (subject to hydrolysis) is 1. The van der Waals surface area contributed by atoms with Gasteiger partial charge in [-0.05, 0) is 33.3 Å². The summed E-state index contributed by atoms with van der Waals surface area (Å²) >= 11 is 0. The van der Waals surface area contributed by atoms with Crippen LogP contribution in [0.15, 0.2) is 30.3 Å². The fraction of sp³-hybridized carbons (Fsp3) is 0.471. The summed E-state index contributed by atoms with van der Waals surface area (Å²) in [5.74, 6) is -1.06. The van der Waals surface area contributed by atoms with Crippen LogP contribution in [0.3, 0.4) is 0 Å². The summed E-state index contributed by atoms with van der Waals surface area (Å²) in [6, 6.07) is 8.35. The zero-order chi connectivity index (χ0) is 17.5. The number of carbonyl (C=O) groups excluding carboxylic acids is 3. The molecule has 6 heteroatoms. The minimum atomic E-state index is -0.825. The largest absolute Gasteiger partial charge is 0.460 e. The number of benzene rings is 1. The van der Waals surface area contributed by atoms with Gasteiger partial charge in [0.05, 0.1) is 6.04 Å². The molecule has 0 bridgehead atoms. The number of Topliss-reactive ketones (excluding diaryl/α,β-unsaturated/α-hetero) is 1. The predicted molar refractivity (Wildman–Crippen MR) is 84.7 cm³/mol. The van der Waals surface area contributed by atoms with E-state index in [2.05, 4.69) is 5.32 Å². The number of ketones is 1. The number of nitrogens with one attached hydrogen (secondary N) is 1. The highest BCUT2D eigenvalue weighted by Crippen LogP contribution is 2.07. The molecule has 0 radical (unpaired) electrons. The molecule has 0 aliphatic rings. The molecular formula is C17H23NO5. The third-order valence-corrected chi connectivity index (χ3v) is 2.78. The zero-order valence-electron chi connectivity index (χ0n) is 13.9. The molecule has 0 heterocycles. The van der Waals surface area contributed by atoms with Crippen LogP contribution < -0.4 is 5.32 Å². The lowest BCUT2D eigenvalue weighted by molar-refractivity contribution is -0.147. The molecule has 1 amide bonds. The van der Waals surface area contributed by atoms with Crippen LogP contribution in [-0.2, 0) is 25.7 Å². The number of hydrogen-bond acceptors (Lipinski definition) is 5. The average molecular weight is 321 g/mol. The Morgan fingerprint density at radius 3 is 2.30 bits per heavy atom. The third kappa shape index (κ3) is 7.99. The molecule has 6 nitrogen and oxygen atoms in total. The van der Waals surface area contributed by atoms with E-state index in [-0.39, 0.29) is 6.61 Å². The Morgan fingerprint density at radius 1 is 1.13 bits per heavy atom. The Balaban J connectivity index is 2.36. The number of amides is 1. The number of esters is 1. The van der Waals surface area contributed by atoms with Gasteiger partial charge in [0.2, 0.25) is 0 Å². The smallest absolute Gasteiger partial charge is 0.408 e. The quantitative estimate of drug-likeness (QED) is 0.643. The maximum absolute atomic E-state index is 11.9. The molecule has 0 aromatic heterocycles. The fourth-order valence-corrected chi connectivity index (χ4v) is 1.65. The van der Waals surface area contributed by atoms with Crippen LogP contribution >= 0.6 is 0 Å². The highest BCUT2D eigenvalue weighted by Gasteiger charge is 2.22. The predicted octanol–water partition coefficient (Wildman–Crippen LogP) is 2.60. The summed E-state index contributed by atoms with van der Waals surface area (Å²) in [6.45, 7) is 6.78. The van der Waals surface area contributed by atoms with Gasteiger partial charge in [-0.3, -0.25) is 9.59 Å². The van der Waals surface area contributed by atoms with Crippen molar-refractivity contribution in [2.75, 3.05) is 0 Å². The van der Waals surface area contributed by atoms with Gasteiger partial charge in [-0.2, -0.15) is 0 Å². The van der Waals surface area contributed by atoms with Gasteiger partial charge in [0.15, 0.2) is 5.78 Å². The van der Waals surface area contributed by atoms with Gasteiger partial charge in [0.1, 0.15) is 18.6 Å². The zero-order valence-corrected chi connectivity index (χ0v) is 13.9. The summed E-state index contributed by atoms with van der Waals surface area (Å²) in [7, 11) is 0. The van der Waals surface area contributed by atoms with Crippen LogP contribution in [0.25, 0.3) is 0 Å². The summed E-state index contributed by atoms with van der Waals surface area (Å²) in [5.41, 5.74) is 0.190. The lowest BCUT2D eigenvalue weighted by Gasteiger charge is -2.21. The van der Waals surface area contributed by atoms with Crippen molar-refractivity contribution in [3.8, 4) is 0 Å². The van der Waals surface area contributed by atoms with E-state index in [1.807, 2.05) is 30.3 Å². The van der Waals surface area contributed by atoms with Crippen LogP contribution in [0.1, 0.15) is 39.7 Å². The van der Waals surface area contributed by atoms with E-state index < -0.39 is 35.9 Å². The Bertz CT molecular complexity index is 548. The SMILES string of the molecule is CC(NC(=O)OC(C)(C)C)C(=O)CC(=O)OCc1ccccc1. The standard InChI is InChI=1S/C17H23NO5/c1-12(18-16(21)23-17(2,3)4)14(19)10-15(20)22-11-13-8-6-5-7-9-13/h5-9,12H,10-11H2,1-4H3,(H,18,21). The number of hydrogen-bond donors (Lipinski definition) is 1. The minimum absolute atomic E-state index is 0.112. The molecule has 1 aromatic carbocycles. The van der Waals surface area contributed by atoms with Crippen molar-refractivity contribution in [2.24, 2.45) is 0 Å². The molecule has 1 aromatic rings. The second-order valence-corrected chi connectivity index (χ2v) is 6.16. The second-order valence-electron chi connectivity index (χ2n) is 6.16. The molecule has 126 valence electrons. The van der Waals surface area contributed by atoms with Gasteiger partial charge in [-0.1, -0.05) is 30.3 Å². The molecule has 1 N–H and O–H groups in total. The van der Waals surface area contributed by atoms with Gasteiger partial charge in [-0.15, -0.1) is 0 Å². The molecule has 1 unspecified atom stereocenters. The van der Waals surface area contributed by atoms with E-state index in [1.165, 1.54) is 6.92 Å². The van der Waals surface area contributed by atoms with Crippen molar-refractivity contribution in [1.82, 2.24) is 5.32 Å². The van der Waals surface area contributed by atoms with Gasteiger partial charge in [0, 0.05) is 0 Å². The topological polar surface area (TPSA) is 81.7 Å². The fourth-order valence-electron chi connectivity index (χ4n) is 1.65. The van der Waals surface area contributed by atoms with Crippen molar-refractivity contribution >= 4 is 17.8 Å². The number of carbonyl (C=O) groups is 3. The summed E-state index contributed by atoms with van der Waals surface area (Å²) in [4.78, 5) is 35.1. The first-order valence-electron chi connectivity index (χ1n) is 7.39. The Kier molecular flexibility index (Phi) is 6.75. The molecule has 23 heavy (non-hydrogen) atoms. The van der Waals surface area contributed by atoms with Crippen molar-refractivity contribution in [3.63, 3.8) is 0 Å². The summed E-state index contributed by atoms with van der Waals surface area (Å²) < 4.78 is 10.1. The molecule has 0 saturated heterocycles.